The number of benzene rings is 1. The van der Waals surface area contributed by atoms with E-state index >= 15 is 0 Å². The Kier molecular flexibility index (Phi) is 5.78. The summed E-state index contributed by atoms with van der Waals surface area (Å²) in [7, 11) is 3.98. The number of nitrogens with zero attached hydrogens (tertiary/aromatic N) is 3. The SMILES string of the molecule is CN(C)c1ccc(-c2c(OC(N)=O)c3n(c2C2CC2)CCN(OC(N)=O)C3C(C)(C)C)cc1. The lowest BCUT2D eigenvalue weighted by molar-refractivity contribution is -0.168. The van der Waals surface area contributed by atoms with E-state index in [9.17, 15) is 9.59 Å². The van der Waals surface area contributed by atoms with Gasteiger partial charge in [0.2, 0.25) is 0 Å². The minimum absolute atomic E-state index is 0.366. The second kappa shape index (κ2) is 8.30. The van der Waals surface area contributed by atoms with E-state index in [1.807, 2.05) is 64.0 Å². The largest absolute Gasteiger partial charge is 0.423 e. The lowest BCUT2D eigenvalue weighted by Crippen LogP contribution is -2.46. The van der Waals surface area contributed by atoms with Crippen LogP contribution in [-0.4, -0.2) is 42.5 Å². The van der Waals surface area contributed by atoms with Crippen LogP contribution in [0.25, 0.3) is 11.1 Å². The van der Waals surface area contributed by atoms with E-state index in [4.69, 9.17) is 21.0 Å². The molecule has 2 heterocycles. The summed E-state index contributed by atoms with van der Waals surface area (Å²) >= 11 is 0. The molecule has 4 N–H and O–H groups in total. The van der Waals surface area contributed by atoms with Gasteiger partial charge in [0.15, 0.2) is 5.75 Å². The molecule has 9 heteroatoms. The van der Waals surface area contributed by atoms with Crippen LogP contribution in [0.5, 0.6) is 5.75 Å². The number of hydrogen-bond donors (Lipinski definition) is 2. The van der Waals surface area contributed by atoms with E-state index in [0.717, 1.165) is 41.0 Å². The highest BCUT2D eigenvalue weighted by atomic mass is 16.7. The fourth-order valence-corrected chi connectivity index (χ4v) is 4.85. The van der Waals surface area contributed by atoms with Gasteiger partial charge in [0.25, 0.3) is 0 Å². The van der Waals surface area contributed by atoms with Gasteiger partial charge >= 0.3 is 12.2 Å². The molecule has 1 aliphatic carbocycles. The molecule has 1 saturated carbocycles. The van der Waals surface area contributed by atoms with E-state index in [1.54, 1.807) is 5.06 Å². The summed E-state index contributed by atoms with van der Waals surface area (Å²) in [6.45, 7) is 7.20. The average Bonchev–Trinajstić information content (AvgIpc) is 3.50. The second-order valence-corrected chi connectivity index (χ2v) is 10.1. The van der Waals surface area contributed by atoms with Gasteiger partial charge in [-0.25, -0.2) is 9.59 Å². The monoisotopic (exact) mass is 455 g/mol. The van der Waals surface area contributed by atoms with E-state index in [2.05, 4.69) is 4.57 Å². The standard InChI is InChI=1S/C24H33N5O4/c1-24(2,3)21-19-20(32-22(25)30)17(14-8-10-16(11-9-14)27(4)5)18(15-6-7-15)28(19)12-13-29(21)33-23(26)31/h8-11,15,21H,6-7,12-13H2,1-5H3,(H2,25,30)(H2,26,31). The molecule has 0 saturated heterocycles. The van der Waals surface area contributed by atoms with Crippen molar-refractivity contribution in [3.8, 4) is 16.9 Å². The molecule has 178 valence electrons. The molecular weight excluding hydrogens is 422 g/mol. The third-order valence-corrected chi connectivity index (χ3v) is 6.26. The first-order valence-electron chi connectivity index (χ1n) is 11.2. The molecule has 1 aromatic heterocycles. The van der Waals surface area contributed by atoms with Crippen LogP contribution in [0.4, 0.5) is 15.3 Å². The molecule has 1 aromatic carbocycles. The zero-order chi connectivity index (χ0) is 24.1. The lowest BCUT2D eigenvalue weighted by Gasteiger charge is -2.42. The van der Waals surface area contributed by atoms with Crippen LogP contribution in [0.3, 0.4) is 0 Å². The van der Waals surface area contributed by atoms with Gasteiger partial charge in [-0.1, -0.05) is 32.9 Å². The first-order valence-corrected chi connectivity index (χ1v) is 11.2. The molecule has 1 aliphatic heterocycles. The Hall–Kier alpha value is -3.20. The van der Waals surface area contributed by atoms with Crippen molar-refractivity contribution < 1.29 is 19.2 Å². The van der Waals surface area contributed by atoms with Gasteiger partial charge in [0.05, 0.1) is 18.3 Å². The Labute approximate surface area is 194 Å². The molecule has 2 amide bonds. The molecule has 1 atom stereocenters. The molecule has 2 aliphatic rings. The fraction of sp³-hybridized carbons (Fsp3) is 0.500. The van der Waals surface area contributed by atoms with Gasteiger partial charge < -0.3 is 30.5 Å². The minimum atomic E-state index is -0.877. The van der Waals surface area contributed by atoms with Crippen molar-refractivity contribution in [3.05, 3.63) is 35.7 Å². The van der Waals surface area contributed by atoms with Crippen molar-refractivity contribution in [1.29, 1.82) is 0 Å². The van der Waals surface area contributed by atoms with Gasteiger partial charge in [0, 0.05) is 43.5 Å². The summed E-state index contributed by atoms with van der Waals surface area (Å²) in [4.78, 5) is 31.1. The van der Waals surface area contributed by atoms with Crippen molar-refractivity contribution >= 4 is 17.9 Å². The Morgan fingerprint density at radius 2 is 1.64 bits per heavy atom. The Morgan fingerprint density at radius 1 is 1.00 bits per heavy atom. The van der Waals surface area contributed by atoms with Crippen LogP contribution >= 0.6 is 0 Å². The topological polar surface area (TPSA) is 116 Å². The average molecular weight is 456 g/mol. The third-order valence-electron chi connectivity index (χ3n) is 6.26. The predicted octanol–water partition coefficient (Wildman–Crippen LogP) is 3.97. The summed E-state index contributed by atoms with van der Waals surface area (Å²) in [6, 6.07) is 7.78. The summed E-state index contributed by atoms with van der Waals surface area (Å²) in [5, 5.41) is 1.60. The summed E-state index contributed by atoms with van der Waals surface area (Å²) in [5.74, 6) is 0.807. The van der Waals surface area contributed by atoms with E-state index in [-0.39, 0.29) is 11.5 Å². The van der Waals surface area contributed by atoms with Gasteiger partial charge in [-0.05, 0) is 36.0 Å². The molecule has 33 heavy (non-hydrogen) atoms. The van der Waals surface area contributed by atoms with Gasteiger partial charge in [-0.2, -0.15) is 0 Å². The van der Waals surface area contributed by atoms with Crippen molar-refractivity contribution in [2.45, 2.75) is 52.1 Å². The lowest BCUT2D eigenvalue weighted by atomic mass is 9.83. The highest BCUT2D eigenvalue weighted by Gasteiger charge is 2.46. The highest BCUT2D eigenvalue weighted by molar-refractivity contribution is 5.82. The Morgan fingerprint density at radius 3 is 2.12 bits per heavy atom. The molecular formula is C24H33N5O4. The molecule has 0 spiro atoms. The molecule has 1 fully saturated rings. The van der Waals surface area contributed by atoms with Crippen LogP contribution in [0.15, 0.2) is 24.3 Å². The first-order chi connectivity index (χ1) is 15.5. The number of nitrogens with two attached hydrogens (primary N) is 2. The van der Waals surface area contributed by atoms with Crippen LogP contribution < -0.4 is 21.1 Å². The maximum atomic E-state index is 12.1. The number of carbonyl (C=O) groups excluding carboxylic acids is 2. The molecule has 0 radical (unpaired) electrons. The molecule has 1 unspecified atom stereocenters. The third kappa shape index (κ3) is 4.37. The number of ether oxygens (including phenoxy) is 1. The highest BCUT2D eigenvalue weighted by Crippen LogP contribution is 2.55. The van der Waals surface area contributed by atoms with E-state index < -0.39 is 12.2 Å². The predicted molar refractivity (Wildman–Crippen MR) is 126 cm³/mol. The van der Waals surface area contributed by atoms with Crippen molar-refractivity contribution in [1.82, 2.24) is 9.63 Å². The molecule has 0 bridgehead atoms. The minimum Gasteiger partial charge on any atom is -0.408 e. The first kappa shape index (κ1) is 23.0. The summed E-state index contributed by atoms with van der Waals surface area (Å²) in [5.41, 5.74) is 15.4. The maximum Gasteiger partial charge on any atom is 0.423 e. The number of fused-ring (bicyclic) bond motifs is 1. The normalized spacial score (nSPS) is 18.5. The number of rotatable bonds is 5. The number of hydrogen-bond acceptors (Lipinski definition) is 6. The summed E-state index contributed by atoms with van der Waals surface area (Å²) in [6.07, 6.45) is 0.398. The van der Waals surface area contributed by atoms with Gasteiger partial charge in [-0.3, -0.25) is 0 Å². The molecule has 2 aromatic rings. The van der Waals surface area contributed by atoms with E-state index in [0.29, 0.717) is 24.8 Å². The number of amides is 2. The van der Waals surface area contributed by atoms with Crippen molar-refractivity contribution in [2.75, 3.05) is 25.5 Å². The number of hydroxylamine groups is 2. The van der Waals surface area contributed by atoms with Crippen LogP contribution in [0.2, 0.25) is 0 Å². The smallest absolute Gasteiger partial charge is 0.408 e. The number of aromatic nitrogens is 1. The molecule has 9 nitrogen and oxygen atoms in total. The fourth-order valence-electron chi connectivity index (χ4n) is 4.85. The quantitative estimate of drug-likeness (QED) is 0.705. The zero-order valence-corrected chi connectivity index (χ0v) is 19.9. The second-order valence-electron chi connectivity index (χ2n) is 10.1. The number of primary amides is 2. The maximum absolute atomic E-state index is 12.1. The van der Waals surface area contributed by atoms with Crippen LogP contribution in [0.1, 0.15) is 57.0 Å². The van der Waals surface area contributed by atoms with Gasteiger partial charge in [-0.15, -0.1) is 5.06 Å². The number of carbonyl (C=O) groups is 2. The van der Waals surface area contributed by atoms with Crippen LogP contribution in [-0.2, 0) is 11.4 Å². The van der Waals surface area contributed by atoms with Crippen molar-refractivity contribution in [3.63, 3.8) is 0 Å². The zero-order valence-electron chi connectivity index (χ0n) is 19.9. The van der Waals surface area contributed by atoms with Crippen LogP contribution in [0, 0.1) is 5.41 Å². The molecule has 4 rings (SSSR count). The van der Waals surface area contributed by atoms with E-state index in [1.165, 1.54) is 0 Å². The van der Waals surface area contributed by atoms with Crippen molar-refractivity contribution in [2.24, 2.45) is 16.9 Å². The Bertz CT molecular complexity index is 1060. The van der Waals surface area contributed by atoms with Gasteiger partial charge in [0.1, 0.15) is 0 Å². The number of anilines is 1. The Balaban J connectivity index is 1.97. The summed E-state index contributed by atoms with van der Waals surface area (Å²) < 4.78 is 7.96.